The molecule has 14 rings (SSSR count). The maximum atomic E-state index is 16.1. The van der Waals surface area contributed by atoms with Gasteiger partial charge in [-0.2, -0.15) is 25.2 Å². The van der Waals surface area contributed by atoms with Crippen LogP contribution in [0.2, 0.25) is 0 Å². The molecule has 2 N–H and O–H groups in total. The van der Waals surface area contributed by atoms with Crippen LogP contribution in [0, 0.1) is 70.6 Å². The number of aromatic hydroxyl groups is 2. The molecule has 6 aliphatic heterocycles. The minimum atomic E-state index is -0.798. The van der Waals surface area contributed by atoms with E-state index in [1.807, 2.05) is 11.8 Å². The first-order chi connectivity index (χ1) is 43.4. The summed E-state index contributed by atoms with van der Waals surface area (Å²) in [5, 5.41) is 32.4. The minimum absolute atomic E-state index is 0.0102. The van der Waals surface area contributed by atoms with Gasteiger partial charge in [-0.25, -0.2) is 26.3 Å². The van der Waals surface area contributed by atoms with E-state index in [2.05, 4.69) is 62.5 Å². The van der Waals surface area contributed by atoms with Crippen molar-refractivity contribution in [2.45, 2.75) is 95.6 Å². The molecule has 8 aromatic rings. The fourth-order valence-electron chi connectivity index (χ4n) is 13.7. The standard InChI is InChI=1S/C27H21F2N5O2.C27H24F2N4O3.2C7H12FN/c1-4-17-20(28)7-6-15-10-16(35)11-18(21(15)17)23-22(29)24-19(12-31-23)25(33-26(32-24)36-3)34-9-5-8-27(2,13-30)14-34;1-4-18-21(28)6-5-16-11-17(34)12-19(22(16)18)24-23(29)25-20(13-30-24)26(32-27(31-25)36-3)33-9-7-15(8-10-33)14-35-2;2*8-6-4-7-2-1-3-9(7)5-6/h1,6-7,10-12,35H,5,8-9,14H2,2-3H3;1,5-6,11-13,15,34H,7-10,14H2,2-3H3;2*6-7H,1-5H2. The number of alkyl halides is 2. The van der Waals surface area contributed by atoms with Gasteiger partial charge < -0.3 is 34.2 Å². The highest BCUT2D eigenvalue weighted by Gasteiger charge is 2.37. The zero-order valence-corrected chi connectivity index (χ0v) is 50.6. The van der Waals surface area contributed by atoms with Gasteiger partial charge in [0.15, 0.2) is 11.6 Å². The van der Waals surface area contributed by atoms with E-state index in [9.17, 15) is 33.0 Å². The zero-order chi connectivity index (χ0) is 63.5. The third-order valence-corrected chi connectivity index (χ3v) is 18.1. The quantitative estimate of drug-likeness (QED) is 0.108. The van der Waals surface area contributed by atoms with Crippen LogP contribution < -0.4 is 19.3 Å². The van der Waals surface area contributed by atoms with Gasteiger partial charge in [-0.15, -0.1) is 12.8 Å². The van der Waals surface area contributed by atoms with E-state index in [0.29, 0.717) is 97.1 Å². The van der Waals surface area contributed by atoms with E-state index in [0.717, 1.165) is 51.6 Å². The third-order valence-electron chi connectivity index (χ3n) is 18.1. The highest BCUT2D eigenvalue weighted by molar-refractivity contribution is 6.04. The molecule has 5 unspecified atom stereocenters. The third kappa shape index (κ3) is 12.7. The summed E-state index contributed by atoms with van der Waals surface area (Å²) in [5.41, 5.74) is -0.698. The van der Waals surface area contributed by atoms with Crippen LogP contribution >= 0.6 is 0 Å². The first-order valence-electron chi connectivity index (χ1n) is 30.3. The van der Waals surface area contributed by atoms with Gasteiger partial charge in [-0.3, -0.25) is 19.8 Å². The predicted molar refractivity (Wildman–Crippen MR) is 333 cm³/mol. The smallest absolute Gasteiger partial charge is 0.318 e. The van der Waals surface area contributed by atoms with E-state index < -0.39 is 41.0 Å². The van der Waals surface area contributed by atoms with Gasteiger partial charge in [0.05, 0.1) is 47.6 Å². The number of fused-ring (bicyclic) bond motifs is 6. The Morgan fingerprint density at radius 2 is 1.11 bits per heavy atom. The number of nitriles is 1. The van der Waals surface area contributed by atoms with E-state index in [-0.39, 0.29) is 79.0 Å². The maximum Gasteiger partial charge on any atom is 0.318 e. The number of ether oxygens (including phenoxy) is 3. The largest absolute Gasteiger partial charge is 0.508 e. The maximum absolute atomic E-state index is 16.1. The Morgan fingerprint density at radius 1 is 0.633 bits per heavy atom. The summed E-state index contributed by atoms with van der Waals surface area (Å²) in [6.45, 7) is 8.75. The van der Waals surface area contributed by atoms with Crippen LogP contribution in [0.5, 0.6) is 23.5 Å². The van der Waals surface area contributed by atoms with Gasteiger partial charge in [-0.05, 0) is 137 Å². The van der Waals surface area contributed by atoms with E-state index in [1.54, 1.807) is 7.11 Å². The van der Waals surface area contributed by atoms with Crippen molar-refractivity contribution in [2.75, 3.05) is 90.1 Å². The number of halogens is 6. The molecule has 22 heteroatoms. The molecule has 6 fully saturated rings. The molecule has 0 bridgehead atoms. The number of methoxy groups -OCH3 is 3. The fourth-order valence-corrected chi connectivity index (χ4v) is 13.7. The number of piperidine rings is 2. The molecule has 4 aromatic heterocycles. The molecule has 16 nitrogen and oxygen atoms in total. The number of hydrogen-bond donors (Lipinski definition) is 2. The molecule has 0 saturated carbocycles. The predicted octanol–water partition coefficient (Wildman–Crippen LogP) is 12.0. The van der Waals surface area contributed by atoms with Crippen LogP contribution in [-0.2, 0) is 4.74 Å². The number of rotatable bonds is 8. The number of nitrogens with zero attached hydrogens (tertiary/aromatic N) is 11. The van der Waals surface area contributed by atoms with Crippen molar-refractivity contribution in [1.29, 1.82) is 5.26 Å². The fraction of sp³-hybridized carbons (Fsp3) is 0.426. The molecule has 0 radical (unpaired) electrons. The Bertz CT molecular complexity index is 4100. The summed E-state index contributed by atoms with van der Waals surface area (Å²) >= 11 is 0. The number of benzene rings is 4. The monoisotopic (exact) mass is 1230 g/mol. The SMILES string of the molecule is C#Cc1c(F)ccc2cc(O)cc(-c3ncc4c(N5CCC(COC)CC5)nc(OC)nc4c3F)c12.C#Cc1c(F)ccc2cc(O)cc(-c3ncc4c(N5CCCC(C)(C#N)C5)nc(OC)nc4c3F)c12.FC1CC2CCCN2C1.FC1CC2CCCN2C1. The highest BCUT2D eigenvalue weighted by atomic mass is 19.2. The average Bonchev–Trinajstić information content (AvgIpc) is 1.05. The van der Waals surface area contributed by atoms with Crippen molar-refractivity contribution in [2.24, 2.45) is 11.3 Å². The molecule has 10 heterocycles. The van der Waals surface area contributed by atoms with Crippen molar-refractivity contribution in [3.05, 3.63) is 95.3 Å². The molecule has 5 atom stereocenters. The van der Waals surface area contributed by atoms with Crippen LogP contribution in [0.1, 0.15) is 82.3 Å². The molecule has 0 amide bonds. The summed E-state index contributed by atoms with van der Waals surface area (Å²) in [5.74, 6) is 2.95. The van der Waals surface area contributed by atoms with Gasteiger partial charge in [0.2, 0.25) is 0 Å². The molecule has 0 spiro atoms. The lowest BCUT2D eigenvalue weighted by molar-refractivity contribution is 0.139. The van der Waals surface area contributed by atoms with E-state index in [4.69, 9.17) is 27.1 Å². The molecule has 6 saturated heterocycles. The summed E-state index contributed by atoms with van der Waals surface area (Å²) in [4.78, 5) is 34.7. The molecule has 90 heavy (non-hydrogen) atoms. The second-order valence-corrected chi connectivity index (χ2v) is 24.1. The van der Waals surface area contributed by atoms with Crippen LogP contribution in [0.25, 0.3) is 65.9 Å². The van der Waals surface area contributed by atoms with Crippen molar-refractivity contribution in [3.63, 3.8) is 0 Å². The van der Waals surface area contributed by atoms with E-state index in [1.165, 1.54) is 101 Å². The molecular formula is C68H69F6N11O5. The lowest BCUT2D eigenvalue weighted by Gasteiger charge is -2.37. The van der Waals surface area contributed by atoms with Crippen molar-refractivity contribution in [1.82, 2.24) is 39.7 Å². The minimum Gasteiger partial charge on any atom is -0.508 e. The topological polar surface area (TPSA) is 182 Å². The lowest BCUT2D eigenvalue weighted by atomic mass is 9.83. The molecular weight excluding hydrogens is 1160 g/mol. The Morgan fingerprint density at radius 3 is 1.54 bits per heavy atom. The zero-order valence-electron chi connectivity index (χ0n) is 50.6. The normalized spacial score (nSPS) is 21.5. The van der Waals surface area contributed by atoms with Gasteiger partial charge in [0, 0.05) is 99.4 Å². The summed E-state index contributed by atoms with van der Waals surface area (Å²) in [6, 6.07) is 14.4. The Balaban J connectivity index is 0.000000144. The van der Waals surface area contributed by atoms with Gasteiger partial charge in [0.1, 0.15) is 69.5 Å². The number of terminal acetylenes is 2. The van der Waals surface area contributed by atoms with Crippen LogP contribution in [0.4, 0.5) is 38.0 Å². The lowest BCUT2D eigenvalue weighted by Crippen LogP contribution is -2.41. The van der Waals surface area contributed by atoms with E-state index >= 15 is 8.78 Å². The van der Waals surface area contributed by atoms with Crippen LogP contribution in [-0.4, -0.2) is 155 Å². The number of anilines is 2. The van der Waals surface area contributed by atoms with Crippen molar-refractivity contribution < 1.29 is 50.8 Å². The van der Waals surface area contributed by atoms with Crippen LogP contribution in [0.15, 0.2) is 60.9 Å². The first-order valence-corrected chi connectivity index (χ1v) is 30.3. The van der Waals surface area contributed by atoms with Crippen molar-refractivity contribution in [3.8, 4) is 76.8 Å². The van der Waals surface area contributed by atoms with Gasteiger partial charge in [0.25, 0.3) is 0 Å². The summed E-state index contributed by atoms with van der Waals surface area (Å²) < 4.78 is 102. The number of aromatic nitrogens is 6. The Hall–Kier alpha value is -8.75. The summed E-state index contributed by atoms with van der Waals surface area (Å²) in [7, 11) is 4.49. The van der Waals surface area contributed by atoms with Gasteiger partial charge >= 0.3 is 12.0 Å². The number of hydrogen-bond acceptors (Lipinski definition) is 16. The molecule has 4 aromatic carbocycles. The second-order valence-electron chi connectivity index (χ2n) is 24.1. The average molecular weight is 1230 g/mol. The molecule has 0 aliphatic carbocycles. The Kier molecular flexibility index (Phi) is 18.7. The van der Waals surface area contributed by atoms with Crippen LogP contribution in [0.3, 0.4) is 0 Å². The number of pyridine rings is 2. The number of phenolic OH excluding ortho intramolecular Hbond substituents is 2. The summed E-state index contributed by atoms with van der Waals surface area (Å²) in [6.07, 6.45) is 23.0. The molecule has 468 valence electrons. The number of phenols is 2. The second kappa shape index (κ2) is 26.8. The Labute approximate surface area is 517 Å². The van der Waals surface area contributed by atoms with Crippen molar-refractivity contribution >= 4 is 55.0 Å². The molecule has 6 aliphatic rings. The first kappa shape index (κ1) is 62.8. The highest BCUT2D eigenvalue weighted by Crippen LogP contribution is 2.43. The van der Waals surface area contributed by atoms with Gasteiger partial charge in [-0.1, -0.05) is 24.0 Å².